The van der Waals surface area contributed by atoms with Crippen LogP contribution in [0, 0.1) is 0 Å². The van der Waals surface area contributed by atoms with Crippen LogP contribution in [0.2, 0.25) is 0 Å². The summed E-state index contributed by atoms with van der Waals surface area (Å²) in [7, 11) is -0.803. The molecule has 202 valence electrons. The van der Waals surface area contributed by atoms with Gasteiger partial charge >= 0.3 is 0 Å². The first-order valence-corrected chi connectivity index (χ1v) is 13.9. The van der Waals surface area contributed by atoms with Gasteiger partial charge < -0.3 is 19.7 Å². The number of nitrogens with zero attached hydrogens (tertiary/aromatic N) is 2. The highest BCUT2D eigenvalue weighted by molar-refractivity contribution is 7.92. The monoisotopic (exact) mass is 539 g/mol. The Morgan fingerprint density at radius 1 is 0.921 bits per heavy atom. The number of likely N-dealkylation sites (N-methyl/N-ethyl adjacent to an activating group) is 1. The molecule has 0 saturated carbocycles. The smallest absolute Gasteiger partial charge is 0.244 e. The van der Waals surface area contributed by atoms with E-state index in [1.807, 2.05) is 36.4 Å². The van der Waals surface area contributed by atoms with Crippen LogP contribution >= 0.6 is 0 Å². The summed E-state index contributed by atoms with van der Waals surface area (Å²) in [5, 5.41) is 2.55. The highest BCUT2D eigenvalue weighted by Gasteiger charge is 2.29. The molecule has 0 bridgehead atoms. The van der Waals surface area contributed by atoms with Crippen molar-refractivity contribution in [1.29, 1.82) is 0 Å². The van der Waals surface area contributed by atoms with E-state index in [0.717, 1.165) is 21.7 Å². The number of methoxy groups -OCH3 is 1. The minimum absolute atomic E-state index is 0.0918. The molecule has 0 heterocycles. The number of amides is 2. The first-order valence-electron chi connectivity index (χ1n) is 12.0. The van der Waals surface area contributed by atoms with Gasteiger partial charge in [-0.25, -0.2) is 8.42 Å². The van der Waals surface area contributed by atoms with E-state index in [4.69, 9.17) is 9.47 Å². The van der Waals surface area contributed by atoms with Crippen molar-refractivity contribution in [3.8, 4) is 11.5 Å². The first kappa shape index (κ1) is 28.5. The molecule has 0 spiro atoms. The van der Waals surface area contributed by atoms with Gasteiger partial charge in [-0.3, -0.25) is 13.9 Å². The number of hydrogen-bond acceptors (Lipinski definition) is 6. The average Bonchev–Trinajstić information content (AvgIpc) is 2.93. The van der Waals surface area contributed by atoms with E-state index in [9.17, 15) is 18.0 Å². The van der Waals surface area contributed by atoms with E-state index >= 15 is 0 Å². The maximum absolute atomic E-state index is 13.5. The number of sulfonamides is 1. The molecular formula is C28H33N3O6S. The molecule has 2 amide bonds. The van der Waals surface area contributed by atoms with Gasteiger partial charge in [0.25, 0.3) is 0 Å². The molecule has 10 heteroatoms. The quantitative estimate of drug-likeness (QED) is 0.379. The molecule has 1 atom stereocenters. The largest absolute Gasteiger partial charge is 0.497 e. The molecule has 3 aromatic rings. The molecule has 0 radical (unpaired) electrons. The number of anilines is 1. The zero-order valence-corrected chi connectivity index (χ0v) is 22.8. The van der Waals surface area contributed by atoms with Crippen LogP contribution in [0.3, 0.4) is 0 Å². The number of benzene rings is 3. The zero-order valence-electron chi connectivity index (χ0n) is 22.0. The second-order valence-electron chi connectivity index (χ2n) is 8.70. The third-order valence-electron chi connectivity index (χ3n) is 5.95. The van der Waals surface area contributed by atoms with Crippen LogP contribution < -0.4 is 19.1 Å². The van der Waals surface area contributed by atoms with Gasteiger partial charge in [0.05, 0.1) is 19.1 Å². The topological polar surface area (TPSA) is 105 Å². The van der Waals surface area contributed by atoms with Crippen LogP contribution in [0.25, 0.3) is 0 Å². The number of hydrogen-bond donors (Lipinski definition) is 1. The molecule has 38 heavy (non-hydrogen) atoms. The van der Waals surface area contributed by atoms with Gasteiger partial charge in [0.15, 0.2) is 0 Å². The van der Waals surface area contributed by atoms with Crippen molar-refractivity contribution in [3.05, 3.63) is 90.0 Å². The lowest BCUT2D eigenvalue weighted by molar-refractivity contribution is -0.139. The van der Waals surface area contributed by atoms with Gasteiger partial charge in [0, 0.05) is 13.6 Å². The second kappa shape index (κ2) is 13.0. The Balaban J connectivity index is 1.81. The first-order chi connectivity index (χ1) is 18.1. The summed E-state index contributed by atoms with van der Waals surface area (Å²) in [6, 6.07) is 22.4. The molecule has 0 aliphatic carbocycles. The van der Waals surface area contributed by atoms with Crippen LogP contribution in [0.4, 0.5) is 5.69 Å². The summed E-state index contributed by atoms with van der Waals surface area (Å²) >= 11 is 0. The minimum atomic E-state index is -3.83. The molecular weight excluding hydrogens is 506 g/mol. The van der Waals surface area contributed by atoms with E-state index in [1.54, 1.807) is 49.4 Å². The fourth-order valence-electron chi connectivity index (χ4n) is 3.82. The van der Waals surface area contributed by atoms with Crippen molar-refractivity contribution in [2.45, 2.75) is 26.1 Å². The van der Waals surface area contributed by atoms with Gasteiger partial charge in [0.1, 0.15) is 30.7 Å². The standard InChI is InChI=1S/C28H33N3O6S/c1-21(28(33)29-2)30(18-23-11-8-12-26(17-23)36-3)27(32)19-31(38(4,34)35)24-13-15-25(16-14-24)37-20-22-9-6-5-7-10-22/h5-17,21H,18-20H2,1-4H3,(H,29,33). The van der Waals surface area contributed by atoms with Crippen LogP contribution in [-0.2, 0) is 32.8 Å². The molecule has 3 aromatic carbocycles. The predicted molar refractivity (Wildman–Crippen MR) is 146 cm³/mol. The Morgan fingerprint density at radius 3 is 2.18 bits per heavy atom. The van der Waals surface area contributed by atoms with E-state index < -0.39 is 28.5 Å². The van der Waals surface area contributed by atoms with Gasteiger partial charge in [-0.05, 0) is 54.4 Å². The lowest BCUT2D eigenvalue weighted by Crippen LogP contribution is -2.50. The molecule has 3 rings (SSSR count). The van der Waals surface area contributed by atoms with E-state index in [2.05, 4.69) is 5.32 Å². The van der Waals surface area contributed by atoms with Crippen molar-refractivity contribution in [2.24, 2.45) is 0 Å². The second-order valence-corrected chi connectivity index (χ2v) is 10.6. The lowest BCUT2D eigenvalue weighted by atomic mass is 10.1. The third-order valence-corrected chi connectivity index (χ3v) is 7.09. The molecule has 0 fully saturated rings. The van der Waals surface area contributed by atoms with Gasteiger partial charge in [-0.15, -0.1) is 0 Å². The fraction of sp³-hybridized carbons (Fsp3) is 0.286. The van der Waals surface area contributed by atoms with Crippen molar-refractivity contribution in [3.63, 3.8) is 0 Å². The molecule has 0 aliphatic rings. The minimum Gasteiger partial charge on any atom is -0.497 e. The Kier molecular flexibility index (Phi) is 9.72. The number of rotatable bonds is 12. The van der Waals surface area contributed by atoms with Crippen molar-refractivity contribution in [2.75, 3.05) is 31.3 Å². The predicted octanol–water partition coefficient (Wildman–Crippen LogP) is 3.20. The normalized spacial score (nSPS) is 11.8. The van der Waals surface area contributed by atoms with Gasteiger partial charge in [0.2, 0.25) is 21.8 Å². The highest BCUT2D eigenvalue weighted by atomic mass is 32.2. The Bertz CT molecular complexity index is 1330. The highest BCUT2D eigenvalue weighted by Crippen LogP contribution is 2.23. The molecule has 1 N–H and O–H groups in total. The van der Waals surface area contributed by atoms with Crippen LogP contribution in [-0.4, -0.2) is 58.1 Å². The van der Waals surface area contributed by atoms with Crippen LogP contribution in [0.15, 0.2) is 78.9 Å². The number of carbonyl (C=O) groups is 2. The van der Waals surface area contributed by atoms with Crippen molar-refractivity contribution in [1.82, 2.24) is 10.2 Å². The number of ether oxygens (including phenoxy) is 2. The number of nitrogens with one attached hydrogen (secondary N) is 1. The van der Waals surface area contributed by atoms with Gasteiger partial charge in [-0.1, -0.05) is 42.5 Å². The molecule has 0 aromatic heterocycles. The van der Waals surface area contributed by atoms with Gasteiger partial charge in [-0.2, -0.15) is 0 Å². The van der Waals surface area contributed by atoms with E-state index in [0.29, 0.717) is 23.8 Å². The van der Waals surface area contributed by atoms with Crippen molar-refractivity contribution < 1.29 is 27.5 Å². The Morgan fingerprint density at radius 2 is 1.58 bits per heavy atom. The third kappa shape index (κ3) is 7.72. The number of carbonyl (C=O) groups excluding carboxylic acids is 2. The lowest BCUT2D eigenvalue weighted by Gasteiger charge is -2.31. The summed E-state index contributed by atoms with van der Waals surface area (Å²) in [6.07, 6.45) is 1.04. The Labute approximate surface area is 224 Å². The molecule has 0 aliphatic heterocycles. The summed E-state index contributed by atoms with van der Waals surface area (Å²) in [5.41, 5.74) is 2.04. The Hall–Kier alpha value is -4.05. The van der Waals surface area contributed by atoms with Crippen molar-refractivity contribution >= 4 is 27.5 Å². The summed E-state index contributed by atoms with van der Waals surface area (Å²) in [4.78, 5) is 27.3. The van der Waals surface area contributed by atoms with Crippen LogP contribution in [0.1, 0.15) is 18.1 Å². The van der Waals surface area contributed by atoms with E-state index in [-0.39, 0.29) is 12.5 Å². The molecule has 0 saturated heterocycles. The average molecular weight is 540 g/mol. The fourth-order valence-corrected chi connectivity index (χ4v) is 4.67. The SMILES string of the molecule is CNC(=O)C(C)N(Cc1cccc(OC)c1)C(=O)CN(c1ccc(OCc2ccccc2)cc1)S(C)(=O)=O. The summed E-state index contributed by atoms with van der Waals surface area (Å²) < 4.78 is 37.5. The molecule has 9 nitrogen and oxygen atoms in total. The van der Waals surface area contributed by atoms with Crippen LogP contribution in [0.5, 0.6) is 11.5 Å². The molecule has 1 unspecified atom stereocenters. The summed E-state index contributed by atoms with van der Waals surface area (Å²) in [5.74, 6) is 0.269. The zero-order chi connectivity index (χ0) is 27.7. The maximum atomic E-state index is 13.5. The van der Waals surface area contributed by atoms with E-state index in [1.165, 1.54) is 19.1 Å². The maximum Gasteiger partial charge on any atom is 0.244 e. The summed E-state index contributed by atoms with van der Waals surface area (Å²) in [6.45, 7) is 1.58.